The number of halogens is 3. The van der Waals surface area contributed by atoms with Crippen LogP contribution in [0.2, 0.25) is 0 Å². The average Bonchev–Trinajstić information content (AvgIpc) is 2.51. The van der Waals surface area contributed by atoms with Gasteiger partial charge in [0.1, 0.15) is 0 Å². The molecule has 0 saturated heterocycles. The van der Waals surface area contributed by atoms with Crippen LogP contribution in [0, 0.1) is 13.8 Å². The molecule has 1 heterocycles. The molecule has 2 rings (SSSR count). The minimum Gasteiger partial charge on any atom is -0.387 e. The third-order valence-electron chi connectivity index (χ3n) is 3.52. The van der Waals surface area contributed by atoms with Crippen LogP contribution in [0.25, 0.3) is 0 Å². The van der Waals surface area contributed by atoms with Gasteiger partial charge in [-0.3, -0.25) is 9.78 Å². The molecule has 0 fully saturated rings. The standard InChI is InChI=1S/C17H17F3N2O2/c1-10-6-7-14(11(2)22-10)16(24)21-9-15(23)12-4-3-5-13(8-12)17(18,19)20/h3-8,15,23H,9H2,1-2H3,(H,21,24). The second kappa shape index (κ2) is 7.00. The zero-order valence-corrected chi connectivity index (χ0v) is 13.2. The van der Waals surface area contributed by atoms with Crippen molar-refractivity contribution in [1.29, 1.82) is 0 Å². The second-order valence-electron chi connectivity index (χ2n) is 5.43. The molecule has 0 aliphatic rings. The van der Waals surface area contributed by atoms with E-state index in [1.165, 1.54) is 12.1 Å². The monoisotopic (exact) mass is 338 g/mol. The average molecular weight is 338 g/mol. The Morgan fingerprint density at radius 3 is 2.58 bits per heavy atom. The van der Waals surface area contributed by atoms with Gasteiger partial charge in [-0.25, -0.2) is 0 Å². The van der Waals surface area contributed by atoms with Gasteiger partial charge in [-0.2, -0.15) is 13.2 Å². The predicted molar refractivity (Wildman–Crippen MR) is 82.4 cm³/mol. The summed E-state index contributed by atoms with van der Waals surface area (Å²) in [5.41, 5.74) is 0.916. The van der Waals surface area contributed by atoms with Crippen LogP contribution in [0.5, 0.6) is 0 Å². The number of pyridine rings is 1. The minimum absolute atomic E-state index is 0.0869. The summed E-state index contributed by atoms with van der Waals surface area (Å²) in [6, 6.07) is 7.70. The van der Waals surface area contributed by atoms with E-state index in [1.54, 1.807) is 26.0 Å². The van der Waals surface area contributed by atoms with E-state index in [9.17, 15) is 23.1 Å². The first-order valence-corrected chi connectivity index (χ1v) is 7.26. The van der Waals surface area contributed by atoms with Gasteiger partial charge in [-0.05, 0) is 43.7 Å². The number of carbonyl (C=O) groups excluding carboxylic acids is 1. The van der Waals surface area contributed by atoms with Crippen molar-refractivity contribution in [3.05, 3.63) is 64.5 Å². The van der Waals surface area contributed by atoms with E-state index in [1.807, 2.05) is 0 Å². The molecule has 1 aromatic carbocycles. The highest BCUT2D eigenvalue weighted by atomic mass is 19.4. The van der Waals surface area contributed by atoms with Crippen molar-refractivity contribution in [1.82, 2.24) is 10.3 Å². The number of aliphatic hydroxyl groups excluding tert-OH is 1. The molecule has 7 heteroatoms. The van der Waals surface area contributed by atoms with Crippen LogP contribution in [0.3, 0.4) is 0 Å². The van der Waals surface area contributed by atoms with E-state index in [4.69, 9.17) is 0 Å². The number of carbonyl (C=O) groups is 1. The molecule has 0 saturated carbocycles. The maximum absolute atomic E-state index is 12.7. The quantitative estimate of drug-likeness (QED) is 0.900. The molecule has 24 heavy (non-hydrogen) atoms. The third kappa shape index (κ3) is 4.32. The lowest BCUT2D eigenvalue weighted by Crippen LogP contribution is -2.29. The van der Waals surface area contributed by atoms with E-state index in [0.29, 0.717) is 11.3 Å². The molecule has 0 bridgehead atoms. The van der Waals surface area contributed by atoms with Crippen LogP contribution in [0.4, 0.5) is 13.2 Å². The van der Waals surface area contributed by atoms with Gasteiger partial charge in [0.05, 0.1) is 22.9 Å². The molecule has 2 N–H and O–H groups in total. The van der Waals surface area contributed by atoms with Crippen molar-refractivity contribution in [2.75, 3.05) is 6.54 Å². The van der Waals surface area contributed by atoms with Gasteiger partial charge >= 0.3 is 6.18 Å². The summed E-state index contributed by atoms with van der Waals surface area (Å²) in [4.78, 5) is 16.3. The largest absolute Gasteiger partial charge is 0.416 e. The van der Waals surface area contributed by atoms with E-state index < -0.39 is 23.8 Å². The second-order valence-corrected chi connectivity index (χ2v) is 5.43. The summed E-state index contributed by atoms with van der Waals surface area (Å²) in [5, 5.41) is 12.5. The van der Waals surface area contributed by atoms with Crippen molar-refractivity contribution >= 4 is 5.91 Å². The Hall–Kier alpha value is -2.41. The third-order valence-corrected chi connectivity index (χ3v) is 3.52. The minimum atomic E-state index is -4.48. The van der Waals surface area contributed by atoms with Crippen LogP contribution in [0.1, 0.15) is 39.0 Å². The van der Waals surface area contributed by atoms with E-state index in [2.05, 4.69) is 10.3 Å². The Bertz CT molecular complexity index is 745. The van der Waals surface area contributed by atoms with E-state index >= 15 is 0 Å². The fourth-order valence-corrected chi connectivity index (χ4v) is 2.25. The van der Waals surface area contributed by atoms with Crippen LogP contribution in [-0.2, 0) is 6.18 Å². The van der Waals surface area contributed by atoms with Crippen molar-refractivity contribution in [3.63, 3.8) is 0 Å². The molecule has 128 valence electrons. The topological polar surface area (TPSA) is 62.2 Å². The van der Waals surface area contributed by atoms with Crippen molar-refractivity contribution in [3.8, 4) is 0 Å². The number of hydrogen-bond donors (Lipinski definition) is 2. The van der Waals surface area contributed by atoms with Gasteiger partial charge in [0.15, 0.2) is 0 Å². The number of aryl methyl sites for hydroxylation is 2. The molecule has 0 aliphatic heterocycles. The summed E-state index contributed by atoms with van der Waals surface area (Å²) < 4.78 is 38.1. The number of nitrogens with zero attached hydrogens (tertiary/aromatic N) is 1. The molecular formula is C17H17F3N2O2. The van der Waals surface area contributed by atoms with E-state index in [-0.39, 0.29) is 12.1 Å². The zero-order valence-electron chi connectivity index (χ0n) is 13.2. The molecule has 1 atom stereocenters. The maximum atomic E-state index is 12.7. The molecule has 1 unspecified atom stereocenters. The summed E-state index contributed by atoms with van der Waals surface area (Å²) in [6.45, 7) is 3.28. The molecule has 0 radical (unpaired) electrons. The summed E-state index contributed by atoms with van der Waals surface area (Å²) in [7, 11) is 0. The highest BCUT2D eigenvalue weighted by molar-refractivity contribution is 5.95. The van der Waals surface area contributed by atoms with Crippen molar-refractivity contribution < 1.29 is 23.1 Å². The molecule has 0 spiro atoms. The Morgan fingerprint density at radius 2 is 1.96 bits per heavy atom. The molecule has 1 aromatic heterocycles. The normalized spacial score (nSPS) is 12.8. The van der Waals surface area contributed by atoms with Gasteiger partial charge in [0.25, 0.3) is 5.91 Å². The highest BCUT2D eigenvalue weighted by Crippen LogP contribution is 2.30. The van der Waals surface area contributed by atoms with Crippen LogP contribution >= 0.6 is 0 Å². The number of aliphatic hydroxyl groups is 1. The number of rotatable bonds is 4. The Labute approximate surface area is 137 Å². The first-order chi connectivity index (χ1) is 11.2. The SMILES string of the molecule is Cc1ccc(C(=O)NCC(O)c2cccc(C(F)(F)F)c2)c(C)n1. The smallest absolute Gasteiger partial charge is 0.387 e. The summed E-state index contributed by atoms with van der Waals surface area (Å²) in [6.07, 6.45) is -5.72. The van der Waals surface area contributed by atoms with Gasteiger partial charge < -0.3 is 10.4 Å². The molecule has 2 aromatic rings. The lowest BCUT2D eigenvalue weighted by molar-refractivity contribution is -0.137. The number of aromatic nitrogens is 1. The zero-order chi connectivity index (χ0) is 17.9. The van der Waals surface area contributed by atoms with Gasteiger partial charge in [-0.15, -0.1) is 0 Å². The number of alkyl halides is 3. The number of benzene rings is 1. The Balaban J connectivity index is 2.05. The molecule has 4 nitrogen and oxygen atoms in total. The molecular weight excluding hydrogens is 321 g/mol. The van der Waals surface area contributed by atoms with E-state index in [0.717, 1.165) is 17.8 Å². The van der Waals surface area contributed by atoms with Crippen LogP contribution in [0.15, 0.2) is 36.4 Å². The first kappa shape index (κ1) is 17.9. The van der Waals surface area contributed by atoms with Crippen molar-refractivity contribution in [2.45, 2.75) is 26.1 Å². The first-order valence-electron chi connectivity index (χ1n) is 7.26. The molecule has 1 amide bonds. The lowest BCUT2D eigenvalue weighted by Gasteiger charge is -2.15. The number of hydrogen-bond acceptors (Lipinski definition) is 3. The summed E-state index contributed by atoms with van der Waals surface area (Å²) >= 11 is 0. The summed E-state index contributed by atoms with van der Waals surface area (Å²) in [5.74, 6) is -0.439. The fraction of sp³-hybridized carbons (Fsp3) is 0.294. The Kier molecular flexibility index (Phi) is 5.23. The van der Waals surface area contributed by atoms with Gasteiger partial charge in [0, 0.05) is 12.2 Å². The lowest BCUT2D eigenvalue weighted by atomic mass is 10.1. The fourth-order valence-electron chi connectivity index (χ4n) is 2.25. The van der Waals surface area contributed by atoms with Gasteiger partial charge in [-0.1, -0.05) is 12.1 Å². The van der Waals surface area contributed by atoms with Gasteiger partial charge in [0.2, 0.25) is 0 Å². The number of amides is 1. The highest BCUT2D eigenvalue weighted by Gasteiger charge is 2.30. The maximum Gasteiger partial charge on any atom is 0.416 e. The Morgan fingerprint density at radius 1 is 1.25 bits per heavy atom. The van der Waals surface area contributed by atoms with Crippen LogP contribution < -0.4 is 5.32 Å². The predicted octanol–water partition coefficient (Wildman–Crippen LogP) is 3.18. The van der Waals surface area contributed by atoms with Crippen LogP contribution in [-0.4, -0.2) is 22.5 Å². The molecule has 0 aliphatic carbocycles. The van der Waals surface area contributed by atoms with Crippen molar-refractivity contribution in [2.24, 2.45) is 0 Å². The number of nitrogens with one attached hydrogen (secondary N) is 1.